The molecule has 2 aromatic rings. The van der Waals surface area contributed by atoms with Gasteiger partial charge in [0.05, 0.1) is 5.52 Å². The van der Waals surface area contributed by atoms with Gasteiger partial charge in [0.1, 0.15) is 0 Å². The monoisotopic (exact) mass is 284 g/mol. The van der Waals surface area contributed by atoms with Gasteiger partial charge in [-0.1, -0.05) is 69.7 Å². The van der Waals surface area contributed by atoms with Crippen molar-refractivity contribution in [2.75, 3.05) is 6.54 Å². The summed E-state index contributed by atoms with van der Waals surface area (Å²) in [5.41, 5.74) is 2.43. The fourth-order valence-electron chi connectivity index (χ4n) is 2.74. The molecule has 1 aromatic heterocycles. The lowest BCUT2D eigenvalue weighted by Crippen LogP contribution is -2.15. The molecule has 1 aromatic carbocycles. The van der Waals surface area contributed by atoms with Crippen molar-refractivity contribution in [3.05, 3.63) is 42.1 Å². The summed E-state index contributed by atoms with van der Waals surface area (Å²) < 4.78 is 0. The van der Waals surface area contributed by atoms with Gasteiger partial charge < -0.3 is 5.32 Å². The summed E-state index contributed by atoms with van der Waals surface area (Å²) in [7, 11) is 0. The number of para-hydroxylation sites is 1. The predicted octanol–water partition coefficient (Wildman–Crippen LogP) is 5.08. The van der Waals surface area contributed by atoms with Crippen molar-refractivity contribution in [1.29, 1.82) is 0 Å². The molecule has 0 atom stereocenters. The standard InChI is InChI=1S/C19H28N2/c1-2-3-4-5-6-7-8-14-20-16-18-12-9-11-17-13-10-15-21-19(17)18/h9-13,15,20H,2-8,14,16H2,1H3. The van der Waals surface area contributed by atoms with Gasteiger partial charge in [-0.05, 0) is 24.6 Å². The molecule has 0 fully saturated rings. The summed E-state index contributed by atoms with van der Waals surface area (Å²) in [6, 6.07) is 10.5. The fraction of sp³-hybridized carbons (Fsp3) is 0.526. The van der Waals surface area contributed by atoms with Crippen LogP contribution in [0.5, 0.6) is 0 Å². The average Bonchev–Trinajstić information content (AvgIpc) is 2.53. The molecule has 0 unspecified atom stereocenters. The maximum Gasteiger partial charge on any atom is 0.0746 e. The van der Waals surface area contributed by atoms with Crippen LogP contribution in [0.3, 0.4) is 0 Å². The maximum atomic E-state index is 4.50. The van der Waals surface area contributed by atoms with E-state index in [2.05, 4.69) is 41.5 Å². The summed E-state index contributed by atoms with van der Waals surface area (Å²) in [6.45, 7) is 4.30. The van der Waals surface area contributed by atoms with Gasteiger partial charge in [-0.25, -0.2) is 0 Å². The van der Waals surface area contributed by atoms with Crippen LogP contribution in [-0.4, -0.2) is 11.5 Å². The van der Waals surface area contributed by atoms with Crippen molar-refractivity contribution in [1.82, 2.24) is 10.3 Å². The SMILES string of the molecule is CCCCCCCCCNCc1cccc2cccnc12. The number of unbranched alkanes of at least 4 members (excludes halogenated alkanes) is 6. The molecule has 0 radical (unpaired) electrons. The third-order valence-corrected chi connectivity index (χ3v) is 3.99. The van der Waals surface area contributed by atoms with E-state index in [4.69, 9.17) is 0 Å². The van der Waals surface area contributed by atoms with Crippen molar-refractivity contribution < 1.29 is 0 Å². The highest BCUT2D eigenvalue weighted by molar-refractivity contribution is 5.81. The largest absolute Gasteiger partial charge is 0.313 e. The first-order valence-electron chi connectivity index (χ1n) is 8.45. The van der Waals surface area contributed by atoms with Crippen molar-refractivity contribution in [2.24, 2.45) is 0 Å². The molecule has 2 rings (SSSR count). The van der Waals surface area contributed by atoms with Crippen LogP contribution in [0.15, 0.2) is 36.5 Å². The molecule has 0 saturated heterocycles. The van der Waals surface area contributed by atoms with Gasteiger partial charge in [0.2, 0.25) is 0 Å². The molecule has 0 spiro atoms. The minimum absolute atomic E-state index is 0.921. The molecule has 114 valence electrons. The van der Waals surface area contributed by atoms with Gasteiger partial charge in [-0.3, -0.25) is 4.98 Å². The number of nitrogens with zero attached hydrogens (tertiary/aromatic N) is 1. The molecule has 0 amide bonds. The summed E-state index contributed by atoms with van der Waals surface area (Å²) in [5, 5.41) is 4.79. The molecule has 0 aliphatic rings. The Kier molecular flexibility index (Phi) is 7.23. The smallest absolute Gasteiger partial charge is 0.0746 e. The van der Waals surface area contributed by atoms with Crippen molar-refractivity contribution in [3.63, 3.8) is 0 Å². The normalized spacial score (nSPS) is 11.1. The van der Waals surface area contributed by atoms with Crippen LogP contribution >= 0.6 is 0 Å². The number of benzene rings is 1. The van der Waals surface area contributed by atoms with Crippen LogP contribution in [0, 0.1) is 0 Å². The minimum Gasteiger partial charge on any atom is -0.313 e. The topological polar surface area (TPSA) is 24.9 Å². The number of hydrogen-bond acceptors (Lipinski definition) is 2. The second-order valence-electron chi connectivity index (χ2n) is 5.79. The van der Waals surface area contributed by atoms with E-state index in [1.807, 2.05) is 12.3 Å². The highest BCUT2D eigenvalue weighted by Gasteiger charge is 2.00. The van der Waals surface area contributed by atoms with E-state index >= 15 is 0 Å². The first kappa shape index (κ1) is 16.0. The Morgan fingerprint density at radius 3 is 2.52 bits per heavy atom. The summed E-state index contributed by atoms with van der Waals surface area (Å²) in [4.78, 5) is 4.50. The van der Waals surface area contributed by atoms with Crippen molar-refractivity contribution in [3.8, 4) is 0 Å². The van der Waals surface area contributed by atoms with Crippen LogP contribution in [-0.2, 0) is 6.54 Å². The first-order valence-corrected chi connectivity index (χ1v) is 8.45. The third kappa shape index (κ3) is 5.47. The van der Waals surface area contributed by atoms with Crippen molar-refractivity contribution in [2.45, 2.75) is 58.4 Å². The lowest BCUT2D eigenvalue weighted by Gasteiger charge is -2.07. The van der Waals surface area contributed by atoms with Crippen LogP contribution in [0.4, 0.5) is 0 Å². The zero-order valence-corrected chi connectivity index (χ0v) is 13.3. The van der Waals surface area contributed by atoms with Crippen LogP contribution in [0.1, 0.15) is 57.4 Å². The molecule has 2 heteroatoms. The van der Waals surface area contributed by atoms with Crippen molar-refractivity contribution >= 4 is 10.9 Å². The molecule has 0 saturated carbocycles. The van der Waals surface area contributed by atoms with Gasteiger partial charge in [0, 0.05) is 18.1 Å². The zero-order valence-electron chi connectivity index (χ0n) is 13.3. The second-order valence-corrected chi connectivity index (χ2v) is 5.79. The van der Waals surface area contributed by atoms with Crippen LogP contribution < -0.4 is 5.32 Å². The molecule has 1 heterocycles. The van der Waals surface area contributed by atoms with Gasteiger partial charge in [0.15, 0.2) is 0 Å². The number of rotatable bonds is 10. The lowest BCUT2D eigenvalue weighted by molar-refractivity contribution is 0.563. The van der Waals surface area contributed by atoms with Gasteiger partial charge in [-0.2, -0.15) is 0 Å². The average molecular weight is 284 g/mol. The minimum atomic E-state index is 0.921. The van der Waals surface area contributed by atoms with Gasteiger partial charge >= 0.3 is 0 Å². The van der Waals surface area contributed by atoms with Crippen LogP contribution in [0.25, 0.3) is 10.9 Å². The third-order valence-electron chi connectivity index (χ3n) is 3.99. The maximum absolute atomic E-state index is 4.50. The molecular formula is C19H28N2. The Balaban J connectivity index is 1.64. The molecule has 1 N–H and O–H groups in total. The predicted molar refractivity (Wildman–Crippen MR) is 91.4 cm³/mol. The van der Waals surface area contributed by atoms with Crippen LogP contribution in [0.2, 0.25) is 0 Å². The lowest BCUT2D eigenvalue weighted by atomic mass is 10.1. The Morgan fingerprint density at radius 1 is 0.905 bits per heavy atom. The van der Waals surface area contributed by atoms with E-state index in [1.54, 1.807) is 0 Å². The summed E-state index contributed by atoms with van der Waals surface area (Å²) in [6.07, 6.45) is 11.4. The fourth-order valence-corrected chi connectivity index (χ4v) is 2.74. The molecular weight excluding hydrogens is 256 g/mol. The number of aromatic nitrogens is 1. The van der Waals surface area contributed by atoms with E-state index in [0.717, 1.165) is 18.6 Å². The molecule has 2 nitrogen and oxygen atoms in total. The molecule has 0 aliphatic heterocycles. The van der Waals surface area contributed by atoms with E-state index in [0.29, 0.717) is 0 Å². The Bertz CT molecular complexity index is 516. The number of hydrogen-bond donors (Lipinski definition) is 1. The van der Waals surface area contributed by atoms with E-state index in [-0.39, 0.29) is 0 Å². The Hall–Kier alpha value is -1.41. The quantitative estimate of drug-likeness (QED) is 0.616. The number of nitrogens with one attached hydrogen (secondary N) is 1. The Morgan fingerprint density at radius 2 is 1.67 bits per heavy atom. The van der Waals surface area contributed by atoms with E-state index in [1.165, 1.54) is 55.9 Å². The van der Waals surface area contributed by atoms with E-state index < -0.39 is 0 Å². The molecule has 21 heavy (non-hydrogen) atoms. The van der Waals surface area contributed by atoms with Gasteiger partial charge in [0.25, 0.3) is 0 Å². The summed E-state index contributed by atoms with van der Waals surface area (Å²) >= 11 is 0. The first-order chi connectivity index (χ1) is 10.4. The second kappa shape index (κ2) is 9.51. The molecule has 0 bridgehead atoms. The van der Waals surface area contributed by atoms with Gasteiger partial charge in [-0.15, -0.1) is 0 Å². The zero-order chi connectivity index (χ0) is 14.8. The number of fused-ring (bicyclic) bond motifs is 1. The highest BCUT2D eigenvalue weighted by atomic mass is 14.8. The molecule has 0 aliphatic carbocycles. The van der Waals surface area contributed by atoms with E-state index in [9.17, 15) is 0 Å². The summed E-state index contributed by atoms with van der Waals surface area (Å²) in [5.74, 6) is 0. The number of pyridine rings is 1. The Labute approximate surface area is 129 Å². The highest BCUT2D eigenvalue weighted by Crippen LogP contribution is 2.15.